The third-order valence-corrected chi connectivity index (χ3v) is 11.5. The van der Waals surface area contributed by atoms with Crippen molar-refractivity contribution in [3.63, 3.8) is 0 Å². The fourth-order valence-electron chi connectivity index (χ4n) is 9.03. The van der Waals surface area contributed by atoms with Crippen LogP contribution in [0, 0.1) is 0 Å². The molecule has 0 bridgehead atoms. The maximum absolute atomic E-state index is 5.31. The zero-order valence-corrected chi connectivity index (χ0v) is 29.5. The van der Waals surface area contributed by atoms with Gasteiger partial charge in [-0.05, 0) is 74.8 Å². The number of nitrogens with zero attached hydrogens (tertiary/aromatic N) is 4. The monoisotopic (exact) mass is 678 g/mol. The van der Waals surface area contributed by atoms with Crippen molar-refractivity contribution in [3.8, 4) is 50.7 Å². The van der Waals surface area contributed by atoms with Crippen LogP contribution in [-0.2, 0) is 5.41 Å². The summed E-state index contributed by atoms with van der Waals surface area (Å²) >= 11 is 0. The highest BCUT2D eigenvalue weighted by Gasteiger charge is 2.36. The van der Waals surface area contributed by atoms with Gasteiger partial charge in [-0.15, -0.1) is 0 Å². The van der Waals surface area contributed by atoms with Gasteiger partial charge in [0.15, 0.2) is 11.6 Å². The van der Waals surface area contributed by atoms with Crippen LogP contribution in [0.1, 0.15) is 47.8 Å². The third-order valence-electron chi connectivity index (χ3n) is 11.5. The second-order valence-electron chi connectivity index (χ2n) is 14.8. The molecule has 9 aromatic rings. The predicted molar refractivity (Wildman–Crippen MR) is 215 cm³/mol. The molecule has 0 atom stereocenters. The van der Waals surface area contributed by atoms with Gasteiger partial charge in [0.1, 0.15) is 5.82 Å². The van der Waals surface area contributed by atoms with E-state index < -0.39 is 0 Å². The van der Waals surface area contributed by atoms with E-state index in [0.29, 0.717) is 11.6 Å². The summed E-state index contributed by atoms with van der Waals surface area (Å²) < 4.78 is 2.41. The number of fused-ring (bicyclic) bond motifs is 9. The number of hydrogen-bond acceptors (Lipinski definition) is 3. The number of rotatable bonds is 4. The minimum Gasteiger partial charge on any atom is -0.309 e. The first kappa shape index (κ1) is 30.0. The van der Waals surface area contributed by atoms with Crippen LogP contribution in [0.25, 0.3) is 72.5 Å². The van der Waals surface area contributed by atoms with Gasteiger partial charge >= 0.3 is 0 Å². The van der Waals surface area contributed by atoms with Crippen LogP contribution in [-0.4, -0.2) is 19.5 Å². The first-order chi connectivity index (χ1) is 26.0. The summed E-state index contributed by atoms with van der Waals surface area (Å²) in [7, 11) is 0. The van der Waals surface area contributed by atoms with Crippen molar-refractivity contribution in [2.24, 2.45) is 0 Å². The lowest BCUT2D eigenvalue weighted by Gasteiger charge is -2.21. The summed E-state index contributed by atoms with van der Waals surface area (Å²) in [5.74, 6) is 2.00. The Morgan fingerprint density at radius 3 is 1.85 bits per heavy atom. The summed E-state index contributed by atoms with van der Waals surface area (Å²) in [5.41, 5.74) is 15.6. The molecule has 0 saturated carbocycles. The van der Waals surface area contributed by atoms with E-state index in [1.165, 1.54) is 66.3 Å². The van der Waals surface area contributed by atoms with Crippen LogP contribution < -0.4 is 0 Å². The van der Waals surface area contributed by atoms with Crippen molar-refractivity contribution in [2.45, 2.75) is 25.2 Å². The molecule has 0 spiro atoms. The minimum atomic E-state index is -0.101. The normalized spacial score (nSPS) is 13.9. The fraction of sp³-hybridized carbons (Fsp3) is 0.0816. The third kappa shape index (κ3) is 4.39. The standard InChI is InChI=1S/C49H34N4/c1-49(2)41-25-12-10-21-35(41)39-28-40-36-22-11-13-26-43(36)53(44(40)29-42(39)49)32-18-14-17-31(27-32)47-50-46(30-15-4-3-5-16-30)51-48(52-47)45-37-23-8-6-19-33(37)34-20-7-9-24-38(34)45/h3-29,45H,1-2H3. The van der Waals surface area contributed by atoms with Gasteiger partial charge in [0.25, 0.3) is 0 Å². The van der Waals surface area contributed by atoms with E-state index in [4.69, 9.17) is 15.0 Å². The zero-order chi connectivity index (χ0) is 35.3. The summed E-state index contributed by atoms with van der Waals surface area (Å²) in [5, 5.41) is 2.50. The van der Waals surface area contributed by atoms with Crippen LogP contribution in [0.15, 0.2) is 164 Å². The largest absolute Gasteiger partial charge is 0.309 e. The fourth-order valence-corrected chi connectivity index (χ4v) is 9.03. The SMILES string of the molecule is CC1(C)c2ccccc2-c2cc3c4ccccc4n(-c4cccc(-c5nc(-c6ccccc6)nc(C6c7ccccc7-c7ccccc76)n5)c4)c3cc21. The minimum absolute atomic E-state index is 0.0956. The lowest BCUT2D eigenvalue weighted by molar-refractivity contribution is 0.661. The molecular formula is C49H34N4. The summed E-state index contributed by atoms with van der Waals surface area (Å²) in [6.07, 6.45) is 0. The molecule has 2 heterocycles. The molecule has 2 aromatic heterocycles. The Morgan fingerprint density at radius 1 is 0.453 bits per heavy atom. The summed E-state index contributed by atoms with van der Waals surface area (Å²) in [4.78, 5) is 15.7. The number of hydrogen-bond donors (Lipinski definition) is 0. The molecule has 53 heavy (non-hydrogen) atoms. The molecule has 11 rings (SSSR count). The molecule has 2 aliphatic carbocycles. The van der Waals surface area contributed by atoms with E-state index >= 15 is 0 Å². The van der Waals surface area contributed by atoms with Crippen LogP contribution >= 0.6 is 0 Å². The van der Waals surface area contributed by atoms with Crippen LogP contribution in [0.4, 0.5) is 0 Å². The van der Waals surface area contributed by atoms with Crippen LogP contribution in [0.3, 0.4) is 0 Å². The maximum atomic E-state index is 5.31. The molecule has 250 valence electrons. The van der Waals surface area contributed by atoms with Crippen molar-refractivity contribution in [1.29, 1.82) is 0 Å². The average molecular weight is 679 g/mol. The van der Waals surface area contributed by atoms with Crippen LogP contribution in [0.2, 0.25) is 0 Å². The lowest BCUT2D eigenvalue weighted by atomic mass is 9.82. The zero-order valence-electron chi connectivity index (χ0n) is 29.5. The smallest absolute Gasteiger partial charge is 0.163 e. The average Bonchev–Trinajstić information content (AvgIpc) is 3.80. The molecule has 0 radical (unpaired) electrons. The maximum Gasteiger partial charge on any atom is 0.163 e. The summed E-state index contributed by atoms with van der Waals surface area (Å²) in [6.45, 7) is 4.70. The Morgan fingerprint density at radius 2 is 1.08 bits per heavy atom. The molecule has 7 aromatic carbocycles. The van der Waals surface area contributed by atoms with Crippen molar-refractivity contribution >= 4 is 21.8 Å². The van der Waals surface area contributed by atoms with Crippen molar-refractivity contribution in [2.75, 3.05) is 0 Å². The molecule has 4 heteroatoms. The molecule has 0 unspecified atom stereocenters. The molecule has 0 amide bonds. The predicted octanol–water partition coefficient (Wildman–Crippen LogP) is 11.8. The van der Waals surface area contributed by atoms with Crippen molar-refractivity contribution < 1.29 is 0 Å². The van der Waals surface area contributed by atoms with Gasteiger partial charge in [0.2, 0.25) is 0 Å². The second-order valence-corrected chi connectivity index (χ2v) is 14.8. The van der Waals surface area contributed by atoms with E-state index in [0.717, 1.165) is 22.6 Å². The second kappa shape index (κ2) is 11.2. The van der Waals surface area contributed by atoms with Gasteiger partial charge in [-0.3, -0.25) is 0 Å². The summed E-state index contributed by atoms with van der Waals surface area (Å²) in [6, 6.07) is 58.7. The highest BCUT2D eigenvalue weighted by atomic mass is 15.0. The van der Waals surface area contributed by atoms with E-state index in [1.54, 1.807) is 0 Å². The topological polar surface area (TPSA) is 43.6 Å². The molecule has 0 aliphatic heterocycles. The van der Waals surface area contributed by atoms with Gasteiger partial charge in [0.05, 0.1) is 17.0 Å². The highest BCUT2D eigenvalue weighted by molar-refractivity contribution is 6.11. The number of benzene rings is 7. The van der Waals surface area contributed by atoms with E-state index in [2.05, 4.69) is 164 Å². The van der Waals surface area contributed by atoms with Gasteiger partial charge in [0, 0.05) is 33.0 Å². The first-order valence-electron chi connectivity index (χ1n) is 18.3. The molecule has 0 N–H and O–H groups in total. The molecule has 4 nitrogen and oxygen atoms in total. The molecule has 2 aliphatic rings. The van der Waals surface area contributed by atoms with Crippen molar-refractivity contribution in [3.05, 3.63) is 192 Å². The van der Waals surface area contributed by atoms with Crippen LogP contribution in [0.5, 0.6) is 0 Å². The Kier molecular flexibility index (Phi) is 6.33. The van der Waals surface area contributed by atoms with Gasteiger partial charge in [-0.25, -0.2) is 15.0 Å². The molecule has 0 fully saturated rings. The van der Waals surface area contributed by atoms with Gasteiger partial charge in [-0.1, -0.05) is 147 Å². The Hall–Kier alpha value is -6.65. The first-order valence-corrected chi connectivity index (χ1v) is 18.3. The van der Waals surface area contributed by atoms with E-state index in [-0.39, 0.29) is 11.3 Å². The lowest BCUT2D eigenvalue weighted by Crippen LogP contribution is -2.15. The number of para-hydroxylation sites is 1. The molecular weight excluding hydrogens is 645 g/mol. The van der Waals surface area contributed by atoms with E-state index in [1.807, 2.05) is 18.2 Å². The number of aromatic nitrogens is 4. The Balaban J connectivity index is 1.12. The quantitative estimate of drug-likeness (QED) is 0.186. The Bertz CT molecular complexity index is 2890. The van der Waals surface area contributed by atoms with Gasteiger partial charge < -0.3 is 4.57 Å². The van der Waals surface area contributed by atoms with Gasteiger partial charge in [-0.2, -0.15) is 0 Å². The van der Waals surface area contributed by atoms with Crippen molar-refractivity contribution in [1.82, 2.24) is 19.5 Å². The Labute approximate surface area is 308 Å². The van der Waals surface area contributed by atoms with E-state index in [9.17, 15) is 0 Å². The highest BCUT2D eigenvalue weighted by Crippen LogP contribution is 2.51. The molecule has 0 saturated heterocycles.